The van der Waals surface area contributed by atoms with E-state index in [4.69, 9.17) is 28.6 Å². The molecule has 0 aliphatic heterocycles. The molecule has 1 amide bonds. The molecule has 7 nitrogen and oxygen atoms in total. The van der Waals surface area contributed by atoms with Crippen molar-refractivity contribution >= 4 is 51.6 Å². The normalized spacial score (nSPS) is 10.6. The van der Waals surface area contributed by atoms with Gasteiger partial charge in [-0.05, 0) is 85.9 Å². The minimum atomic E-state index is -0.310. The van der Waals surface area contributed by atoms with Gasteiger partial charge in [-0.1, -0.05) is 11.6 Å². The summed E-state index contributed by atoms with van der Waals surface area (Å²) in [6.07, 6.45) is 0. The molecule has 0 aliphatic rings. The van der Waals surface area contributed by atoms with E-state index in [1.807, 2.05) is 37.3 Å². The largest absolute Gasteiger partial charge is 0.494 e. The van der Waals surface area contributed by atoms with E-state index >= 15 is 0 Å². The maximum absolute atomic E-state index is 12.4. The van der Waals surface area contributed by atoms with E-state index in [0.29, 0.717) is 34.1 Å². The van der Waals surface area contributed by atoms with Gasteiger partial charge in [-0.25, -0.2) is 0 Å². The zero-order valence-corrected chi connectivity index (χ0v) is 18.1. The van der Waals surface area contributed by atoms with Crippen LogP contribution in [0.2, 0.25) is 5.02 Å². The Kier molecular flexibility index (Phi) is 6.11. The van der Waals surface area contributed by atoms with Crippen LogP contribution in [0.4, 0.5) is 5.69 Å². The molecule has 4 rings (SSSR count). The fourth-order valence-electron chi connectivity index (χ4n) is 2.89. The summed E-state index contributed by atoms with van der Waals surface area (Å²) in [5.41, 5.74) is 3.38. The number of nitrogens with one attached hydrogen (secondary N) is 2. The SMILES string of the molecule is CCOc1ccc(C(=O)NC(=S)Nc2ccc3nn(-c4ccc(Cl)cc4)nc3c2)cc1. The molecule has 0 atom stereocenters. The molecule has 31 heavy (non-hydrogen) atoms. The van der Waals surface area contributed by atoms with Crippen molar-refractivity contribution in [1.82, 2.24) is 20.3 Å². The number of hydrogen-bond donors (Lipinski definition) is 2. The van der Waals surface area contributed by atoms with Gasteiger partial charge in [0.2, 0.25) is 0 Å². The Labute approximate surface area is 189 Å². The van der Waals surface area contributed by atoms with Gasteiger partial charge in [-0.3, -0.25) is 10.1 Å². The lowest BCUT2D eigenvalue weighted by molar-refractivity contribution is 0.0977. The Morgan fingerprint density at radius 2 is 1.74 bits per heavy atom. The Bertz CT molecular complexity index is 1240. The first-order valence-corrected chi connectivity index (χ1v) is 10.3. The van der Waals surface area contributed by atoms with Gasteiger partial charge in [0.25, 0.3) is 5.91 Å². The molecule has 0 radical (unpaired) electrons. The van der Waals surface area contributed by atoms with Crippen molar-refractivity contribution in [3.63, 3.8) is 0 Å². The van der Waals surface area contributed by atoms with Crippen LogP contribution in [0.15, 0.2) is 66.7 Å². The van der Waals surface area contributed by atoms with Crippen molar-refractivity contribution in [3.05, 3.63) is 77.3 Å². The Balaban J connectivity index is 1.43. The van der Waals surface area contributed by atoms with Crippen molar-refractivity contribution in [1.29, 1.82) is 0 Å². The zero-order valence-electron chi connectivity index (χ0n) is 16.5. The van der Waals surface area contributed by atoms with Gasteiger partial charge >= 0.3 is 0 Å². The third kappa shape index (κ3) is 4.99. The molecule has 0 bridgehead atoms. The second-order valence-electron chi connectivity index (χ2n) is 6.53. The van der Waals surface area contributed by atoms with E-state index < -0.39 is 0 Å². The third-order valence-electron chi connectivity index (χ3n) is 4.35. The second kappa shape index (κ2) is 9.11. The first-order valence-electron chi connectivity index (χ1n) is 9.50. The van der Waals surface area contributed by atoms with Crippen LogP contribution in [0.3, 0.4) is 0 Å². The maximum Gasteiger partial charge on any atom is 0.257 e. The number of fused-ring (bicyclic) bond motifs is 1. The highest BCUT2D eigenvalue weighted by Gasteiger charge is 2.10. The fraction of sp³-hybridized carbons (Fsp3) is 0.0909. The van der Waals surface area contributed by atoms with E-state index in [0.717, 1.165) is 11.2 Å². The molecule has 0 unspecified atom stereocenters. The molecule has 2 N–H and O–H groups in total. The summed E-state index contributed by atoms with van der Waals surface area (Å²) in [5, 5.41) is 15.5. The zero-order chi connectivity index (χ0) is 21.8. The van der Waals surface area contributed by atoms with E-state index in [1.165, 1.54) is 4.80 Å². The molecule has 0 spiro atoms. The molecular weight excluding hydrogens is 434 g/mol. The molecule has 4 aromatic rings. The Morgan fingerprint density at radius 3 is 2.45 bits per heavy atom. The lowest BCUT2D eigenvalue weighted by atomic mass is 10.2. The van der Waals surface area contributed by atoms with Crippen LogP contribution in [-0.2, 0) is 0 Å². The first kappa shape index (κ1) is 20.8. The van der Waals surface area contributed by atoms with Gasteiger partial charge in [-0.15, -0.1) is 10.2 Å². The lowest BCUT2D eigenvalue weighted by Crippen LogP contribution is -2.34. The van der Waals surface area contributed by atoms with Gasteiger partial charge in [0.1, 0.15) is 16.8 Å². The minimum Gasteiger partial charge on any atom is -0.494 e. The van der Waals surface area contributed by atoms with Crippen LogP contribution in [0.5, 0.6) is 5.75 Å². The fourth-order valence-corrected chi connectivity index (χ4v) is 3.23. The number of anilines is 1. The van der Waals surface area contributed by atoms with Crippen LogP contribution in [0, 0.1) is 0 Å². The average Bonchev–Trinajstić information content (AvgIpc) is 3.18. The summed E-state index contributed by atoms with van der Waals surface area (Å²) in [5.74, 6) is 0.398. The first-order chi connectivity index (χ1) is 15.0. The number of thiocarbonyl (C=S) groups is 1. The van der Waals surface area contributed by atoms with E-state index in [2.05, 4.69) is 20.8 Å². The van der Waals surface area contributed by atoms with Crippen molar-refractivity contribution in [3.8, 4) is 11.4 Å². The monoisotopic (exact) mass is 451 g/mol. The number of hydrogen-bond acceptors (Lipinski definition) is 5. The van der Waals surface area contributed by atoms with Crippen LogP contribution < -0.4 is 15.4 Å². The molecule has 1 aromatic heterocycles. The summed E-state index contributed by atoms with van der Waals surface area (Å²) >= 11 is 11.2. The molecular formula is C22H18ClN5O2S. The standard InChI is InChI=1S/C22H18ClN5O2S/c1-2-30-18-10-3-14(4-11-18)21(29)25-22(31)24-16-7-12-19-20(13-16)27-28(26-19)17-8-5-15(23)6-9-17/h3-13H,2H2,1H3,(H2,24,25,29,31). The van der Waals surface area contributed by atoms with Gasteiger partial charge < -0.3 is 10.1 Å². The molecule has 0 saturated heterocycles. The minimum absolute atomic E-state index is 0.184. The number of rotatable bonds is 5. The molecule has 0 saturated carbocycles. The smallest absolute Gasteiger partial charge is 0.257 e. The van der Waals surface area contributed by atoms with Crippen LogP contribution in [0.1, 0.15) is 17.3 Å². The summed E-state index contributed by atoms with van der Waals surface area (Å²) in [6, 6.07) is 19.6. The number of aromatic nitrogens is 3. The van der Waals surface area contributed by atoms with Crippen molar-refractivity contribution in [2.45, 2.75) is 6.92 Å². The summed E-state index contributed by atoms with van der Waals surface area (Å²) in [7, 11) is 0. The number of nitrogens with zero attached hydrogens (tertiary/aromatic N) is 3. The highest BCUT2D eigenvalue weighted by atomic mass is 35.5. The molecule has 9 heteroatoms. The van der Waals surface area contributed by atoms with Crippen molar-refractivity contribution < 1.29 is 9.53 Å². The summed E-state index contributed by atoms with van der Waals surface area (Å²) in [4.78, 5) is 13.9. The van der Waals surface area contributed by atoms with E-state index in [9.17, 15) is 4.79 Å². The summed E-state index contributed by atoms with van der Waals surface area (Å²) in [6.45, 7) is 2.47. The number of benzene rings is 3. The number of carbonyl (C=O) groups excluding carboxylic acids is 1. The van der Waals surface area contributed by atoms with Crippen LogP contribution in [0.25, 0.3) is 16.7 Å². The molecule has 156 valence electrons. The molecule has 0 fully saturated rings. The lowest BCUT2D eigenvalue weighted by Gasteiger charge is -2.10. The topological polar surface area (TPSA) is 81.1 Å². The highest BCUT2D eigenvalue weighted by molar-refractivity contribution is 7.80. The third-order valence-corrected chi connectivity index (χ3v) is 4.81. The van der Waals surface area contributed by atoms with Crippen molar-refractivity contribution in [2.24, 2.45) is 0 Å². The number of ether oxygens (including phenoxy) is 1. The number of carbonyl (C=O) groups is 1. The van der Waals surface area contributed by atoms with Gasteiger partial charge in [0, 0.05) is 16.3 Å². The Morgan fingerprint density at radius 1 is 1.03 bits per heavy atom. The molecule has 0 aliphatic carbocycles. The van der Waals surface area contributed by atoms with E-state index in [-0.39, 0.29) is 11.0 Å². The van der Waals surface area contributed by atoms with Crippen LogP contribution in [-0.4, -0.2) is 32.6 Å². The van der Waals surface area contributed by atoms with Gasteiger partial charge in [0.05, 0.1) is 12.3 Å². The van der Waals surface area contributed by atoms with Gasteiger partial charge in [0.15, 0.2) is 5.11 Å². The van der Waals surface area contributed by atoms with E-state index in [1.54, 1.807) is 36.4 Å². The second-order valence-corrected chi connectivity index (χ2v) is 7.38. The Hall–Kier alpha value is -3.49. The van der Waals surface area contributed by atoms with Gasteiger partial charge in [-0.2, -0.15) is 4.80 Å². The molecule has 1 heterocycles. The highest BCUT2D eigenvalue weighted by Crippen LogP contribution is 2.19. The molecule has 3 aromatic carbocycles. The average molecular weight is 452 g/mol. The van der Waals surface area contributed by atoms with Crippen molar-refractivity contribution in [2.75, 3.05) is 11.9 Å². The van der Waals surface area contributed by atoms with Crippen LogP contribution >= 0.6 is 23.8 Å². The maximum atomic E-state index is 12.4. The number of halogens is 1. The summed E-state index contributed by atoms with van der Waals surface area (Å²) < 4.78 is 5.38. The quantitative estimate of drug-likeness (QED) is 0.431. The number of amides is 1. The predicted octanol–water partition coefficient (Wildman–Crippen LogP) is 4.60. The predicted molar refractivity (Wildman–Crippen MR) is 125 cm³/mol.